The SMILES string of the molecule is COC(=O)c1sc2nc(Cl)nc(N(C)Cc3ccccc3)c2c1C. The summed E-state index contributed by atoms with van der Waals surface area (Å²) in [6, 6.07) is 10.1. The summed E-state index contributed by atoms with van der Waals surface area (Å²) in [6.45, 7) is 2.55. The molecule has 0 radical (unpaired) electrons. The first-order valence-electron chi connectivity index (χ1n) is 7.31. The van der Waals surface area contributed by atoms with Gasteiger partial charge in [-0.1, -0.05) is 30.3 Å². The van der Waals surface area contributed by atoms with Crippen LogP contribution in [0.25, 0.3) is 10.2 Å². The third-order valence-corrected chi connectivity index (χ3v) is 5.07. The number of nitrogens with zero attached hydrogens (tertiary/aromatic N) is 3. The first kappa shape index (κ1) is 16.7. The number of aryl methyl sites for hydroxylation is 1. The Kier molecular flexibility index (Phi) is 4.69. The van der Waals surface area contributed by atoms with E-state index in [2.05, 4.69) is 22.1 Å². The number of fused-ring (bicyclic) bond motifs is 1. The summed E-state index contributed by atoms with van der Waals surface area (Å²) in [4.78, 5) is 23.8. The monoisotopic (exact) mass is 361 g/mol. The molecule has 3 rings (SSSR count). The van der Waals surface area contributed by atoms with Gasteiger partial charge < -0.3 is 9.64 Å². The molecule has 0 N–H and O–H groups in total. The third-order valence-electron chi connectivity index (χ3n) is 3.74. The Balaban J connectivity index is 2.09. The van der Waals surface area contributed by atoms with Crippen molar-refractivity contribution in [1.29, 1.82) is 0 Å². The molecule has 0 aliphatic rings. The van der Waals surface area contributed by atoms with Crippen LogP contribution in [0.4, 0.5) is 5.82 Å². The number of methoxy groups -OCH3 is 1. The van der Waals surface area contributed by atoms with Gasteiger partial charge in [0.05, 0.1) is 12.5 Å². The van der Waals surface area contributed by atoms with Crippen LogP contribution in [-0.4, -0.2) is 30.1 Å². The number of hydrogen-bond acceptors (Lipinski definition) is 6. The highest BCUT2D eigenvalue weighted by atomic mass is 35.5. The molecule has 2 aromatic heterocycles. The molecular formula is C17H16ClN3O2S. The van der Waals surface area contributed by atoms with Crippen molar-refractivity contribution in [3.05, 3.63) is 51.6 Å². The summed E-state index contributed by atoms with van der Waals surface area (Å²) in [6.07, 6.45) is 0. The predicted octanol–water partition coefficient (Wildman–Crippen LogP) is 4.08. The minimum atomic E-state index is -0.372. The quantitative estimate of drug-likeness (QED) is 0.517. The van der Waals surface area contributed by atoms with Gasteiger partial charge in [-0.25, -0.2) is 9.78 Å². The van der Waals surface area contributed by atoms with Gasteiger partial charge in [-0.15, -0.1) is 11.3 Å². The summed E-state index contributed by atoms with van der Waals surface area (Å²) in [5, 5.41) is 0.998. The van der Waals surface area contributed by atoms with Crippen molar-refractivity contribution in [1.82, 2.24) is 9.97 Å². The summed E-state index contributed by atoms with van der Waals surface area (Å²) in [5.74, 6) is 0.334. The van der Waals surface area contributed by atoms with Crippen LogP contribution in [0.1, 0.15) is 20.8 Å². The number of halogens is 1. The molecule has 0 fully saturated rings. The number of esters is 1. The number of benzene rings is 1. The molecule has 0 bridgehead atoms. The van der Waals surface area contributed by atoms with Gasteiger partial charge in [0.25, 0.3) is 0 Å². The van der Waals surface area contributed by atoms with E-state index in [1.807, 2.05) is 37.1 Å². The maximum atomic E-state index is 12.0. The first-order chi connectivity index (χ1) is 11.5. The fourth-order valence-electron chi connectivity index (χ4n) is 2.59. The van der Waals surface area contributed by atoms with Crippen molar-refractivity contribution < 1.29 is 9.53 Å². The second kappa shape index (κ2) is 6.75. The number of ether oxygens (including phenoxy) is 1. The van der Waals surface area contributed by atoms with Crippen molar-refractivity contribution in [3.63, 3.8) is 0 Å². The van der Waals surface area contributed by atoms with Gasteiger partial charge >= 0.3 is 5.97 Å². The molecule has 24 heavy (non-hydrogen) atoms. The molecule has 0 aliphatic heterocycles. The number of aromatic nitrogens is 2. The number of anilines is 1. The van der Waals surface area contributed by atoms with Crippen LogP contribution < -0.4 is 4.90 Å². The highest BCUT2D eigenvalue weighted by molar-refractivity contribution is 7.20. The Hall–Kier alpha value is -2.18. The lowest BCUT2D eigenvalue weighted by Crippen LogP contribution is -2.18. The molecule has 124 valence electrons. The fraction of sp³-hybridized carbons (Fsp3) is 0.235. The van der Waals surface area contributed by atoms with E-state index >= 15 is 0 Å². The van der Waals surface area contributed by atoms with E-state index in [-0.39, 0.29) is 11.3 Å². The molecular weight excluding hydrogens is 346 g/mol. The number of carbonyl (C=O) groups is 1. The summed E-state index contributed by atoms with van der Waals surface area (Å²) in [5.41, 5.74) is 1.97. The molecule has 1 aromatic carbocycles. The Morgan fingerprint density at radius 3 is 2.67 bits per heavy atom. The van der Waals surface area contributed by atoms with Crippen molar-refractivity contribution >= 4 is 44.9 Å². The van der Waals surface area contributed by atoms with Crippen LogP contribution in [-0.2, 0) is 11.3 Å². The number of thiophene rings is 1. The van der Waals surface area contributed by atoms with Crippen molar-refractivity contribution in [2.45, 2.75) is 13.5 Å². The minimum Gasteiger partial charge on any atom is -0.465 e. The van der Waals surface area contributed by atoms with E-state index in [0.717, 1.165) is 16.5 Å². The molecule has 0 aliphatic carbocycles. The maximum Gasteiger partial charge on any atom is 0.348 e. The summed E-state index contributed by atoms with van der Waals surface area (Å²) < 4.78 is 4.85. The van der Waals surface area contributed by atoms with Crippen LogP contribution in [0.3, 0.4) is 0 Å². The zero-order valence-electron chi connectivity index (χ0n) is 13.5. The lowest BCUT2D eigenvalue weighted by atomic mass is 10.1. The largest absolute Gasteiger partial charge is 0.465 e. The standard InChI is InChI=1S/C17H16ClN3O2S/c1-10-12-14(21(2)9-11-7-5-4-6-8-11)19-17(18)20-15(12)24-13(10)16(22)23-3/h4-8H,9H2,1-3H3. The Morgan fingerprint density at radius 2 is 2.00 bits per heavy atom. The van der Waals surface area contributed by atoms with Crippen molar-refractivity contribution in [3.8, 4) is 0 Å². The van der Waals surface area contributed by atoms with Crippen LogP contribution >= 0.6 is 22.9 Å². The van der Waals surface area contributed by atoms with Crippen molar-refractivity contribution in [2.24, 2.45) is 0 Å². The van der Waals surface area contributed by atoms with Gasteiger partial charge in [-0.05, 0) is 29.7 Å². The third kappa shape index (κ3) is 3.07. The number of rotatable bonds is 4. The van der Waals surface area contributed by atoms with E-state index in [1.54, 1.807) is 0 Å². The molecule has 0 amide bonds. The zero-order valence-corrected chi connectivity index (χ0v) is 15.1. The van der Waals surface area contributed by atoms with Gasteiger partial charge in [0.15, 0.2) is 0 Å². The van der Waals surface area contributed by atoms with Gasteiger partial charge in [-0.2, -0.15) is 4.98 Å². The van der Waals surface area contributed by atoms with Gasteiger partial charge in [0.2, 0.25) is 5.28 Å². The van der Waals surface area contributed by atoms with E-state index < -0.39 is 0 Å². The topological polar surface area (TPSA) is 55.3 Å². The molecule has 0 atom stereocenters. The zero-order chi connectivity index (χ0) is 17.3. The maximum absolute atomic E-state index is 12.0. The second-order valence-corrected chi connectivity index (χ2v) is 6.72. The van der Waals surface area contributed by atoms with Gasteiger partial charge in [0, 0.05) is 13.6 Å². The summed E-state index contributed by atoms with van der Waals surface area (Å²) in [7, 11) is 3.31. The van der Waals surface area contributed by atoms with E-state index in [1.165, 1.54) is 18.4 Å². The van der Waals surface area contributed by atoms with E-state index in [9.17, 15) is 4.79 Å². The van der Waals surface area contributed by atoms with Crippen LogP contribution in [0.2, 0.25) is 5.28 Å². The molecule has 2 heterocycles. The lowest BCUT2D eigenvalue weighted by molar-refractivity contribution is 0.0605. The Morgan fingerprint density at radius 1 is 1.29 bits per heavy atom. The van der Waals surface area contributed by atoms with Gasteiger partial charge in [-0.3, -0.25) is 0 Å². The highest BCUT2D eigenvalue weighted by Gasteiger charge is 2.22. The van der Waals surface area contributed by atoms with Crippen LogP contribution in [0.15, 0.2) is 30.3 Å². The molecule has 0 spiro atoms. The fourth-order valence-corrected chi connectivity index (χ4v) is 3.90. The molecule has 0 unspecified atom stereocenters. The average Bonchev–Trinajstić information content (AvgIpc) is 2.91. The van der Waals surface area contributed by atoms with Crippen molar-refractivity contribution in [2.75, 3.05) is 19.1 Å². The number of hydrogen-bond donors (Lipinski definition) is 0. The molecule has 5 nitrogen and oxygen atoms in total. The minimum absolute atomic E-state index is 0.162. The number of carbonyl (C=O) groups excluding carboxylic acids is 1. The predicted molar refractivity (Wildman–Crippen MR) is 97.1 cm³/mol. The Bertz CT molecular complexity index is 896. The smallest absolute Gasteiger partial charge is 0.348 e. The van der Waals surface area contributed by atoms with E-state index in [0.29, 0.717) is 22.1 Å². The van der Waals surface area contributed by atoms with Gasteiger partial charge in [0.1, 0.15) is 15.5 Å². The van der Waals surface area contributed by atoms with E-state index in [4.69, 9.17) is 16.3 Å². The summed E-state index contributed by atoms with van der Waals surface area (Å²) >= 11 is 7.36. The first-order valence-corrected chi connectivity index (χ1v) is 8.50. The normalized spacial score (nSPS) is 10.8. The van der Waals surface area contributed by atoms with Crippen LogP contribution in [0.5, 0.6) is 0 Å². The highest BCUT2D eigenvalue weighted by Crippen LogP contribution is 2.36. The molecule has 3 aromatic rings. The molecule has 0 saturated carbocycles. The molecule has 7 heteroatoms. The second-order valence-electron chi connectivity index (χ2n) is 5.39. The lowest BCUT2D eigenvalue weighted by Gasteiger charge is -2.19. The van der Waals surface area contributed by atoms with Crippen LogP contribution in [0, 0.1) is 6.92 Å². The Labute approximate surface area is 148 Å². The average molecular weight is 362 g/mol. The molecule has 0 saturated heterocycles.